The van der Waals surface area contributed by atoms with Crippen LogP contribution in [0.4, 0.5) is 0 Å². The summed E-state index contributed by atoms with van der Waals surface area (Å²) in [7, 11) is 2.17. The van der Waals surface area contributed by atoms with Crippen LogP contribution in [0.25, 0.3) is 0 Å². The first-order valence-corrected chi connectivity index (χ1v) is 6.54. The quantitative estimate of drug-likeness (QED) is 0.677. The van der Waals surface area contributed by atoms with Crippen molar-refractivity contribution in [3.05, 3.63) is 0 Å². The van der Waals surface area contributed by atoms with Gasteiger partial charge in [-0.3, -0.25) is 4.90 Å². The third-order valence-electron chi connectivity index (χ3n) is 4.43. The number of piperidine rings is 2. The van der Waals surface area contributed by atoms with Crippen LogP contribution in [0, 0.1) is 11.3 Å². The predicted octanol–water partition coefficient (Wildman–Crippen LogP) is 1.85. The maximum Gasteiger partial charge on any atom is 0.111 e. The van der Waals surface area contributed by atoms with E-state index in [1.54, 1.807) is 0 Å². The highest BCUT2D eigenvalue weighted by molar-refractivity contribution is 5.12. The van der Waals surface area contributed by atoms with Gasteiger partial charge in [-0.1, -0.05) is 6.42 Å². The van der Waals surface area contributed by atoms with Crippen LogP contribution in [0.3, 0.4) is 0 Å². The maximum atomic E-state index is 9.59. The van der Waals surface area contributed by atoms with Crippen molar-refractivity contribution in [2.45, 2.75) is 50.6 Å². The van der Waals surface area contributed by atoms with Crippen molar-refractivity contribution in [2.75, 3.05) is 26.7 Å². The van der Waals surface area contributed by atoms with Gasteiger partial charge in [0.15, 0.2) is 0 Å². The molecule has 2 unspecified atom stereocenters. The van der Waals surface area contributed by atoms with E-state index >= 15 is 0 Å². The summed E-state index contributed by atoms with van der Waals surface area (Å²) in [6.45, 7) is 5.56. The lowest BCUT2D eigenvalue weighted by molar-refractivity contribution is 0.0306. The van der Waals surface area contributed by atoms with Gasteiger partial charge < -0.3 is 4.90 Å². The fraction of sp³-hybridized carbons (Fsp3) is 0.923. The van der Waals surface area contributed by atoms with Crippen LogP contribution in [0.5, 0.6) is 0 Å². The average Bonchev–Trinajstić information content (AvgIpc) is 2.34. The van der Waals surface area contributed by atoms with E-state index in [1.807, 2.05) is 0 Å². The second-order valence-corrected chi connectivity index (χ2v) is 5.47. The van der Waals surface area contributed by atoms with Gasteiger partial charge >= 0.3 is 0 Å². The van der Waals surface area contributed by atoms with E-state index in [4.69, 9.17) is 0 Å². The molecule has 0 bridgehead atoms. The van der Waals surface area contributed by atoms with Gasteiger partial charge in [0.05, 0.1) is 6.07 Å². The smallest absolute Gasteiger partial charge is 0.111 e. The van der Waals surface area contributed by atoms with E-state index in [0.717, 1.165) is 32.5 Å². The normalized spacial score (nSPS) is 38.2. The summed E-state index contributed by atoms with van der Waals surface area (Å²) >= 11 is 0. The molecule has 0 saturated carbocycles. The molecule has 0 aliphatic carbocycles. The lowest BCUT2D eigenvalue weighted by atomic mass is 9.82. The zero-order chi connectivity index (χ0) is 11.6. The Labute approximate surface area is 99.0 Å². The van der Waals surface area contributed by atoms with E-state index in [1.165, 1.54) is 19.3 Å². The molecule has 2 atom stereocenters. The van der Waals surface area contributed by atoms with Crippen molar-refractivity contribution in [3.8, 4) is 6.07 Å². The van der Waals surface area contributed by atoms with Gasteiger partial charge in [0, 0.05) is 12.6 Å². The predicted molar refractivity (Wildman–Crippen MR) is 65.1 cm³/mol. The number of rotatable bonds is 1. The maximum absolute atomic E-state index is 9.59. The molecule has 2 aliphatic rings. The average molecular weight is 221 g/mol. The topological polar surface area (TPSA) is 30.3 Å². The molecule has 2 fully saturated rings. The largest absolute Gasteiger partial charge is 0.303 e. The van der Waals surface area contributed by atoms with E-state index in [2.05, 4.69) is 29.8 Å². The molecule has 0 radical (unpaired) electrons. The molecular weight excluding hydrogens is 198 g/mol. The Morgan fingerprint density at radius 1 is 1.19 bits per heavy atom. The van der Waals surface area contributed by atoms with Crippen LogP contribution in [-0.4, -0.2) is 48.1 Å². The van der Waals surface area contributed by atoms with Crippen LogP contribution in [-0.2, 0) is 0 Å². The highest BCUT2D eigenvalue weighted by Gasteiger charge is 2.42. The Morgan fingerprint density at radius 2 is 1.88 bits per heavy atom. The van der Waals surface area contributed by atoms with Gasteiger partial charge in [-0.25, -0.2) is 0 Å². The van der Waals surface area contributed by atoms with Crippen molar-refractivity contribution >= 4 is 0 Å². The zero-order valence-corrected chi connectivity index (χ0v) is 10.6. The van der Waals surface area contributed by atoms with Gasteiger partial charge in [0.25, 0.3) is 0 Å². The first-order valence-electron chi connectivity index (χ1n) is 6.54. The molecule has 0 amide bonds. The van der Waals surface area contributed by atoms with Crippen LogP contribution in [0.2, 0.25) is 0 Å². The number of likely N-dealkylation sites (tertiary alicyclic amines) is 2. The highest BCUT2D eigenvalue weighted by Crippen LogP contribution is 2.33. The molecule has 0 aromatic rings. The first-order chi connectivity index (χ1) is 7.68. The van der Waals surface area contributed by atoms with Crippen molar-refractivity contribution in [3.63, 3.8) is 0 Å². The molecule has 16 heavy (non-hydrogen) atoms. The van der Waals surface area contributed by atoms with Crippen LogP contribution in [0.15, 0.2) is 0 Å². The van der Waals surface area contributed by atoms with Gasteiger partial charge in [0.2, 0.25) is 0 Å². The highest BCUT2D eigenvalue weighted by atomic mass is 15.2. The van der Waals surface area contributed by atoms with E-state index in [-0.39, 0.29) is 5.54 Å². The minimum atomic E-state index is -0.160. The van der Waals surface area contributed by atoms with Crippen LogP contribution in [0.1, 0.15) is 39.0 Å². The molecule has 2 heterocycles. The third kappa shape index (κ3) is 2.09. The lowest BCUT2D eigenvalue weighted by Gasteiger charge is -2.47. The molecule has 90 valence electrons. The number of nitriles is 1. The molecule has 0 N–H and O–H groups in total. The first kappa shape index (κ1) is 11.9. The molecule has 2 saturated heterocycles. The second-order valence-electron chi connectivity index (χ2n) is 5.47. The fourth-order valence-corrected chi connectivity index (χ4v) is 3.11. The molecule has 0 aromatic heterocycles. The minimum Gasteiger partial charge on any atom is -0.303 e. The molecule has 2 rings (SSSR count). The summed E-state index contributed by atoms with van der Waals surface area (Å²) in [6, 6.07) is 3.17. The summed E-state index contributed by atoms with van der Waals surface area (Å²) in [5.74, 6) is 0. The second kappa shape index (κ2) is 4.73. The number of hydrogen-bond donors (Lipinski definition) is 0. The summed E-state index contributed by atoms with van der Waals surface area (Å²) in [4.78, 5) is 4.83. The van der Waals surface area contributed by atoms with Crippen molar-refractivity contribution in [1.82, 2.24) is 9.80 Å². The summed E-state index contributed by atoms with van der Waals surface area (Å²) in [5, 5.41) is 9.59. The molecule has 3 nitrogen and oxygen atoms in total. The van der Waals surface area contributed by atoms with Gasteiger partial charge in [-0.05, 0) is 52.7 Å². The van der Waals surface area contributed by atoms with E-state index < -0.39 is 0 Å². The molecule has 2 aliphatic heterocycles. The summed E-state index contributed by atoms with van der Waals surface area (Å²) in [5.41, 5.74) is -0.160. The van der Waals surface area contributed by atoms with Crippen molar-refractivity contribution < 1.29 is 0 Å². The third-order valence-corrected chi connectivity index (χ3v) is 4.43. The fourth-order valence-electron chi connectivity index (χ4n) is 3.11. The molecular formula is C13H23N3. The van der Waals surface area contributed by atoms with E-state index in [0.29, 0.717) is 6.04 Å². The van der Waals surface area contributed by atoms with E-state index in [9.17, 15) is 5.26 Å². The Kier molecular flexibility index (Phi) is 3.51. The number of nitrogens with zero attached hydrogens (tertiary/aromatic N) is 3. The van der Waals surface area contributed by atoms with Gasteiger partial charge in [0.1, 0.15) is 5.54 Å². The molecule has 0 spiro atoms. The lowest BCUT2D eigenvalue weighted by Crippen LogP contribution is -2.57. The Balaban J connectivity index is 2.10. The van der Waals surface area contributed by atoms with Gasteiger partial charge in [-0.2, -0.15) is 5.26 Å². The van der Waals surface area contributed by atoms with Crippen molar-refractivity contribution in [2.24, 2.45) is 0 Å². The minimum absolute atomic E-state index is 0.160. The molecule has 0 aromatic carbocycles. The van der Waals surface area contributed by atoms with Crippen molar-refractivity contribution in [1.29, 1.82) is 5.26 Å². The standard InChI is InChI=1S/C13H23N3/c1-12-10-13(11-14,6-9-15(12)2)16-7-4-3-5-8-16/h12H,3-10H2,1-2H3. The summed E-state index contributed by atoms with van der Waals surface area (Å²) < 4.78 is 0. The van der Waals surface area contributed by atoms with Crippen LogP contribution >= 0.6 is 0 Å². The van der Waals surface area contributed by atoms with Gasteiger partial charge in [-0.15, -0.1) is 0 Å². The molecule has 3 heteroatoms. The number of hydrogen-bond acceptors (Lipinski definition) is 3. The monoisotopic (exact) mass is 221 g/mol. The Morgan fingerprint density at radius 3 is 2.44 bits per heavy atom. The Hall–Kier alpha value is -0.590. The zero-order valence-electron chi connectivity index (χ0n) is 10.6. The Bertz CT molecular complexity index is 277. The summed E-state index contributed by atoms with van der Waals surface area (Å²) in [6.07, 6.45) is 5.92. The SMILES string of the molecule is CC1CC(C#N)(N2CCCCC2)CCN1C. The van der Waals surface area contributed by atoms with Crippen LogP contribution < -0.4 is 0 Å².